The number of aliphatic carboxylic acids is 1. The highest BCUT2D eigenvalue weighted by Gasteiger charge is 2.50. The van der Waals surface area contributed by atoms with Crippen molar-refractivity contribution in [3.8, 4) is 16.9 Å². The summed E-state index contributed by atoms with van der Waals surface area (Å²) in [6.07, 6.45) is 15.7. The van der Waals surface area contributed by atoms with Crippen molar-refractivity contribution < 1.29 is 19.4 Å². The van der Waals surface area contributed by atoms with Crippen LogP contribution in [0.1, 0.15) is 94.2 Å². The SMILES string of the molecule is COc1ccc(C23CCC(CN(C(=O)C4CCC(C(=O)O)CC4)c4cccc(-c5cnn(C6CC6)c5)c4)(CC2)CC3)cc1C. The molecule has 1 N–H and O–H groups in total. The predicted octanol–water partition coefficient (Wildman–Crippen LogP) is 7.72. The summed E-state index contributed by atoms with van der Waals surface area (Å²) < 4.78 is 7.61. The number of aromatic nitrogens is 2. The first-order valence-corrected chi connectivity index (χ1v) is 16.6. The Balaban J connectivity index is 1.14. The number of nitrogens with zero attached hydrogens (tertiary/aromatic N) is 3. The molecule has 3 aromatic rings. The van der Waals surface area contributed by atoms with Crippen LogP contribution in [-0.4, -0.2) is 40.4 Å². The second kappa shape index (κ2) is 11.4. The average molecular weight is 596 g/mol. The highest BCUT2D eigenvalue weighted by Crippen LogP contribution is 2.58. The van der Waals surface area contributed by atoms with Gasteiger partial charge in [-0.1, -0.05) is 24.3 Å². The van der Waals surface area contributed by atoms with Crippen LogP contribution in [0.4, 0.5) is 5.69 Å². The summed E-state index contributed by atoms with van der Waals surface area (Å²) >= 11 is 0. The molecule has 44 heavy (non-hydrogen) atoms. The molecule has 0 radical (unpaired) electrons. The highest BCUT2D eigenvalue weighted by molar-refractivity contribution is 5.96. The number of carboxylic acid groups (broad SMARTS) is 1. The maximum absolute atomic E-state index is 14.4. The molecule has 0 spiro atoms. The van der Waals surface area contributed by atoms with E-state index in [0.29, 0.717) is 31.7 Å². The molecule has 1 aromatic heterocycles. The summed E-state index contributed by atoms with van der Waals surface area (Å²) in [6, 6.07) is 15.7. The molecule has 2 aromatic carbocycles. The summed E-state index contributed by atoms with van der Waals surface area (Å²) in [5.41, 5.74) is 6.07. The Morgan fingerprint density at radius 3 is 2.27 bits per heavy atom. The normalized spacial score (nSPS) is 28.0. The van der Waals surface area contributed by atoms with Gasteiger partial charge in [-0.05, 0) is 130 Å². The summed E-state index contributed by atoms with van der Waals surface area (Å²) in [4.78, 5) is 28.1. The molecule has 0 aliphatic heterocycles. The quantitative estimate of drug-likeness (QED) is 0.274. The van der Waals surface area contributed by atoms with E-state index < -0.39 is 5.97 Å². The molecule has 2 bridgehead atoms. The number of rotatable bonds is 9. The number of ether oxygens (including phenoxy) is 1. The summed E-state index contributed by atoms with van der Waals surface area (Å²) in [5, 5.41) is 14.2. The second-order valence-corrected chi connectivity index (χ2v) is 14.3. The van der Waals surface area contributed by atoms with Crippen molar-refractivity contribution in [3.05, 3.63) is 66.0 Å². The minimum atomic E-state index is -0.731. The Labute approximate surface area is 260 Å². The van der Waals surface area contributed by atoms with E-state index in [0.717, 1.165) is 67.6 Å². The lowest BCUT2D eigenvalue weighted by Gasteiger charge is -2.55. The van der Waals surface area contributed by atoms with Gasteiger partial charge in [-0.25, -0.2) is 0 Å². The van der Waals surface area contributed by atoms with Crippen LogP contribution in [0.15, 0.2) is 54.9 Å². The van der Waals surface area contributed by atoms with Crippen LogP contribution in [0.25, 0.3) is 11.1 Å². The maximum atomic E-state index is 14.4. The second-order valence-electron chi connectivity index (χ2n) is 14.3. The first kappa shape index (κ1) is 29.1. The summed E-state index contributed by atoms with van der Waals surface area (Å²) in [6.45, 7) is 2.86. The fraction of sp³-hybridized carbons (Fsp3) is 0.541. The molecule has 8 rings (SSSR count). The number of carbonyl (C=O) groups is 2. The van der Waals surface area contributed by atoms with Gasteiger partial charge in [0.15, 0.2) is 0 Å². The summed E-state index contributed by atoms with van der Waals surface area (Å²) in [5.74, 6) is -0.0753. The van der Waals surface area contributed by atoms with E-state index in [9.17, 15) is 14.7 Å². The number of carbonyl (C=O) groups excluding carboxylic acids is 1. The average Bonchev–Trinajstić information content (AvgIpc) is 3.80. The Kier molecular flexibility index (Phi) is 7.54. The molecule has 0 unspecified atom stereocenters. The van der Waals surface area contributed by atoms with Crippen LogP contribution in [0.5, 0.6) is 5.75 Å². The summed E-state index contributed by atoms with van der Waals surface area (Å²) in [7, 11) is 1.73. The van der Waals surface area contributed by atoms with Crippen molar-refractivity contribution in [2.24, 2.45) is 17.3 Å². The zero-order valence-corrected chi connectivity index (χ0v) is 26.1. The van der Waals surface area contributed by atoms with Gasteiger partial charge >= 0.3 is 5.97 Å². The lowest BCUT2D eigenvalue weighted by Crippen LogP contribution is -2.51. The maximum Gasteiger partial charge on any atom is 0.306 e. The van der Waals surface area contributed by atoms with E-state index in [4.69, 9.17) is 4.74 Å². The van der Waals surface area contributed by atoms with Crippen molar-refractivity contribution in [2.45, 2.75) is 95.4 Å². The molecule has 5 aliphatic carbocycles. The Morgan fingerprint density at radius 2 is 1.64 bits per heavy atom. The van der Waals surface area contributed by atoms with Crippen molar-refractivity contribution >= 4 is 17.6 Å². The third kappa shape index (κ3) is 5.43. The van der Waals surface area contributed by atoms with Gasteiger partial charge in [0, 0.05) is 29.9 Å². The zero-order chi connectivity index (χ0) is 30.5. The van der Waals surface area contributed by atoms with Gasteiger partial charge in [0.1, 0.15) is 5.75 Å². The molecule has 5 saturated carbocycles. The van der Waals surface area contributed by atoms with E-state index in [1.54, 1.807) is 7.11 Å². The fourth-order valence-electron chi connectivity index (χ4n) is 8.46. The molecular formula is C37H45N3O4. The number of methoxy groups -OCH3 is 1. The number of amides is 1. The van der Waals surface area contributed by atoms with E-state index in [-0.39, 0.29) is 28.6 Å². The van der Waals surface area contributed by atoms with Gasteiger partial charge in [0.05, 0.1) is 25.3 Å². The third-order valence-electron chi connectivity index (χ3n) is 11.6. The zero-order valence-electron chi connectivity index (χ0n) is 26.1. The Morgan fingerprint density at radius 1 is 0.932 bits per heavy atom. The van der Waals surface area contributed by atoms with Crippen LogP contribution >= 0.6 is 0 Å². The van der Waals surface area contributed by atoms with Gasteiger partial charge in [-0.2, -0.15) is 5.10 Å². The number of anilines is 1. The van der Waals surface area contributed by atoms with E-state index in [1.807, 2.05) is 6.20 Å². The van der Waals surface area contributed by atoms with Gasteiger partial charge in [-0.15, -0.1) is 0 Å². The predicted molar refractivity (Wildman–Crippen MR) is 171 cm³/mol. The van der Waals surface area contributed by atoms with Gasteiger partial charge in [-0.3, -0.25) is 14.3 Å². The largest absolute Gasteiger partial charge is 0.496 e. The van der Waals surface area contributed by atoms with E-state index >= 15 is 0 Å². The van der Waals surface area contributed by atoms with Crippen LogP contribution in [-0.2, 0) is 15.0 Å². The molecule has 1 heterocycles. The standard InChI is InChI=1S/C37H45N3O4/c1-25-20-30(10-13-33(25)44-2)37-17-14-36(15-18-37,16-19-37)24-39(34(41)26-6-8-27(9-7-26)35(42)43)32-5-3-4-28(21-32)29-22-38-40(23-29)31-11-12-31/h3-5,10,13,20-23,26-27,31H,6-9,11-12,14-19,24H2,1-2H3,(H,42,43). The molecule has 7 nitrogen and oxygen atoms in total. The molecule has 5 fully saturated rings. The van der Waals surface area contributed by atoms with Crippen molar-refractivity contribution in [1.82, 2.24) is 9.78 Å². The minimum absolute atomic E-state index is 0.101. The molecule has 232 valence electrons. The number of hydrogen-bond donors (Lipinski definition) is 1. The van der Waals surface area contributed by atoms with E-state index in [2.05, 4.69) is 70.3 Å². The third-order valence-corrected chi connectivity index (χ3v) is 11.6. The Bertz CT molecular complexity index is 1520. The number of aryl methyl sites for hydroxylation is 1. The molecule has 0 atom stereocenters. The van der Waals surface area contributed by atoms with E-state index in [1.165, 1.54) is 24.0 Å². The first-order valence-electron chi connectivity index (χ1n) is 16.6. The monoisotopic (exact) mass is 595 g/mol. The van der Waals surface area contributed by atoms with Crippen LogP contribution in [0, 0.1) is 24.2 Å². The van der Waals surface area contributed by atoms with Crippen LogP contribution < -0.4 is 9.64 Å². The van der Waals surface area contributed by atoms with Gasteiger partial charge in [0.25, 0.3) is 0 Å². The van der Waals surface area contributed by atoms with Gasteiger partial charge < -0.3 is 14.7 Å². The number of fused-ring (bicyclic) bond motifs is 3. The minimum Gasteiger partial charge on any atom is -0.496 e. The lowest BCUT2D eigenvalue weighted by atomic mass is 9.51. The molecule has 0 saturated heterocycles. The molecule has 7 heteroatoms. The first-order chi connectivity index (χ1) is 21.3. The molecular weight excluding hydrogens is 550 g/mol. The number of carboxylic acids is 1. The van der Waals surface area contributed by atoms with Crippen molar-refractivity contribution in [1.29, 1.82) is 0 Å². The van der Waals surface area contributed by atoms with Crippen LogP contribution in [0.3, 0.4) is 0 Å². The van der Waals surface area contributed by atoms with Crippen molar-refractivity contribution in [2.75, 3.05) is 18.6 Å². The fourth-order valence-corrected chi connectivity index (χ4v) is 8.46. The van der Waals surface area contributed by atoms with Gasteiger partial charge in [0.2, 0.25) is 5.91 Å². The van der Waals surface area contributed by atoms with Crippen LogP contribution in [0.2, 0.25) is 0 Å². The number of hydrogen-bond acceptors (Lipinski definition) is 4. The number of benzene rings is 2. The molecule has 1 amide bonds. The molecule has 5 aliphatic rings. The Hall–Kier alpha value is -3.61. The van der Waals surface area contributed by atoms with Crippen molar-refractivity contribution in [3.63, 3.8) is 0 Å². The topological polar surface area (TPSA) is 84.7 Å². The lowest BCUT2D eigenvalue weighted by molar-refractivity contribution is -0.144. The highest BCUT2D eigenvalue weighted by atomic mass is 16.5. The smallest absolute Gasteiger partial charge is 0.306 e.